The van der Waals surface area contributed by atoms with Gasteiger partial charge in [0, 0.05) is 12.7 Å². The minimum absolute atomic E-state index is 0.107. The van der Waals surface area contributed by atoms with Crippen molar-refractivity contribution in [2.24, 2.45) is 0 Å². The molecule has 19 heavy (non-hydrogen) atoms. The first-order valence-corrected chi connectivity index (χ1v) is 6.82. The summed E-state index contributed by atoms with van der Waals surface area (Å²) in [6.45, 7) is 5.31. The minimum atomic E-state index is -0.604. The number of amides is 2. The summed E-state index contributed by atoms with van der Waals surface area (Å²) in [5.74, 6) is -0.190. The van der Waals surface area contributed by atoms with E-state index in [1.165, 1.54) is 6.92 Å². The van der Waals surface area contributed by atoms with Crippen LogP contribution in [-0.4, -0.2) is 23.6 Å². The monoisotopic (exact) mass is 280 g/mol. The van der Waals surface area contributed by atoms with E-state index in [9.17, 15) is 9.59 Å². The molecule has 1 rings (SSSR count). The Morgan fingerprint density at radius 1 is 1.26 bits per heavy atom. The topological polar surface area (TPSA) is 58.2 Å². The number of aryl methyl sites for hydroxylation is 1. The SMILES string of the molecule is CC(=O)NC(CS)C(=O)NC(C)c1ccccc1C. The fraction of sp³-hybridized carbons (Fsp3) is 0.429. The first-order valence-electron chi connectivity index (χ1n) is 6.19. The molecule has 0 saturated carbocycles. The van der Waals surface area contributed by atoms with E-state index < -0.39 is 6.04 Å². The maximum atomic E-state index is 12.0. The lowest BCUT2D eigenvalue weighted by Crippen LogP contribution is -2.47. The van der Waals surface area contributed by atoms with Crippen LogP contribution in [0, 0.1) is 6.92 Å². The first-order chi connectivity index (χ1) is 8.95. The van der Waals surface area contributed by atoms with Crippen LogP contribution in [0.3, 0.4) is 0 Å². The quantitative estimate of drug-likeness (QED) is 0.718. The number of hydrogen-bond acceptors (Lipinski definition) is 3. The van der Waals surface area contributed by atoms with Crippen LogP contribution in [0.5, 0.6) is 0 Å². The maximum absolute atomic E-state index is 12.0. The Hall–Kier alpha value is -1.49. The van der Waals surface area contributed by atoms with E-state index in [2.05, 4.69) is 23.3 Å². The first kappa shape index (κ1) is 15.6. The lowest BCUT2D eigenvalue weighted by molar-refractivity contribution is -0.127. The second-order valence-electron chi connectivity index (χ2n) is 4.52. The molecule has 0 radical (unpaired) electrons. The highest BCUT2D eigenvalue weighted by molar-refractivity contribution is 7.80. The van der Waals surface area contributed by atoms with Crippen LogP contribution in [0.25, 0.3) is 0 Å². The highest BCUT2D eigenvalue weighted by Gasteiger charge is 2.20. The zero-order valence-electron chi connectivity index (χ0n) is 11.4. The fourth-order valence-electron chi connectivity index (χ4n) is 1.90. The van der Waals surface area contributed by atoms with Crippen LogP contribution in [-0.2, 0) is 9.59 Å². The van der Waals surface area contributed by atoms with Gasteiger partial charge in [0.05, 0.1) is 6.04 Å². The van der Waals surface area contributed by atoms with Crippen molar-refractivity contribution >= 4 is 24.4 Å². The van der Waals surface area contributed by atoms with Gasteiger partial charge < -0.3 is 10.6 Å². The summed E-state index contributed by atoms with van der Waals surface area (Å²) >= 11 is 4.08. The molecule has 0 aliphatic carbocycles. The Morgan fingerprint density at radius 3 is 2.42 bits per heavy atom. The fourth-order valence-corrected chi connectivity index (χ4v) is 2.16. The van der Waals surface area contributed by atoms with Crippen LogP contribution in [0.15, 0.2) is 24.3 Å². The molecule has 0 aliphatic heterocycles. The van der Waals surface area contributed by atoms with Gasteiger partial charge in [0.1, 0.15) is 6.04 Å². The number of nitrogens with one attached hydrogen (secondary N) is 2. The highest BCUT2D eigenvalue weighted by atomic mass is 32.1. The molecule has 0 aromatic heterocycles. The number of hydrogen-bond donors (Lipinski definition) is 3. The third kappa shape index (κ3) is 4.59. The van der Waals surface area contributed by atoms with E-state index in [0.717, 1.165) is 11.1 Å². The lowest BCUT2D eigenvalue weighted by Gasteiger charge is -2.21. The molecule has 0 spiro atoms. The molecule has 2 atom stereocenters. The summed E-state index contributed by atoms with van der Waals surface area (Å²) in [6.07, 6.45) is 0. The lowest BCUT2D eigenvalue weighted by atomic mass is 10.0. The normalized spacial score (nSPS) is 13.5. The molecule has 2 amide bonds. The molecule has 2 unspecified atom stereocenters. The van der Waals surface area contributed by atoms with Crippen molar-refractivity contribution in [3.05, 3.63) is 35.4 Å². The molecule has 4 nitrogen and oxygen atoms in total. The van der Waals surface area contributed by atoms with E-state index in [-0.39, 0.29) is 23.6 Å². The van der Waals surface area contributed by atoms with Crippen molar-refractivity contribution < 1.29 is 9.59 Å². The van der Waals surface area contributed by atoms with Gasteiger partial charge >= 0.3 is 0 Å². The van der Waals surface area contributed by atoms with Gasteiger partial charge in [-0.2, -0.15) is 12.6 Å². The van der Waals surface area contributed by atoms with E-state index in [1.54, 1.807) is 0 Å². The molecule has 1 aromatic rings. The van der Waals surface area contributed by atoms with Gasteiger partial charge in [-0.1, -0.05) is 24.3 Å². The zero-order chi connectivity index (χ0) is 14.4. The Morgan fingerprint density at radius 2 is 1.89 bits per heavy atom. The van der Waals surface area contributed by atoms with Crippen LogP contribution in [0.4, 0.5) is 0 Å². The minimum Gasteiger partial charge on any atom is -0.348 e. The Labute approximate surface area is 119 Å². The van der Waals surface area contributed by atoms with E-state index >= 15 is 0 Å². The molecule has 0 aliphatic rings. The summed E-state index contributed by atoms with van der Waals surface area (Å²) in [7, 11) is 0. The number of benzene rings is 1. The van der Waals surface area contributed by atoms with Crippen molar-refractivity contribution in [2.75, 3.05) is 5.75 Å². The van der Waals surface area contributed by atoms with E-state index in [4.69, 9.17) is 0 Å². The van der Waals surface area contributed by atoms with Gasteiger partial charge in [0.25, 0.3) is 0 Å². The third-order valence-electron chi connectivity index (χ3n) is 2.89. The summed E-state index contributed by atoms with van der Waals surface area (Å²) in [6, 6.07) is 7.17. The predicted molar refractivity (Wildman–Crippen MR) is 79.2 cm³/mol. The van der Waals surface area contributed by atoms with E-state index in [0.29, 0.717) is 0 Å². The Balaban J connectivity index is 2.70. The summed E-state index contributed by atoms with van der Waals surface area (Å²) < 4.78 is 0. The summed E-state index contributed by atoms with van der Waals surface area (Å²) in [4.78, 5) is 23.0. The van der Waals surface area contributed by atoms with Crippen molar-refractivity contribution in [3.8, 4) is 0 Å². The van der Waals surface area contributed by atoms with Crippen molar-refractivity contribution in [2.45, 2.75) is 32.9 Å². The molecule has 5 heteroatoms. The smallest absolute Gasteiger partial charge is 0.243 e. The van der Waals surface area contributed by atoms with Crippen LogP contribution >= 0.6 is 12.6 Å². The van der Waals surface area contributed by atoms with Crippen molar-refractivity contribution in [1.29, 1.82) is 0 Å². The molecule has 0 fully saturated rings. The highest BCUT2D eigenvalue weighted by Crippen LogP contribution is 2.16. The molecule has 104 valence electrons. The molecular weight excluding hydrogens is 260 g/mol. The largest absolute Gasteiger partial charge is 0.348 e. The van der Waals surface area contributed by atoms with Gasteiger partial charge in [-0.15, -0.1) is 0 Å². The number of carbonyl (C=O) groups is 2. The maximum Gasteiger partial charge on any atom is 0.243 e. The van der Waals surface area contributed by atoms with Gasteiger partial charge in [0.15, 0.2) is 0 Å². The number of rotatable bonds is 5. The second kappa shape index (κ2) is 7.19. The second-order valence-corrected chi connectivity index (χ2v) is 4.89. The van der Waals surface area contributed by atoms with Gasteiger partial charge in [-0.25, -0.2) is 0 Å². The third-order valence-corrected chi connectivity index (χ3v) is 3.26. The molecule has 1 aromatic carbocycles. The number of carbonyl (C=O) groups excluding carboxylic acids is 2. The van der Waals surface area contributed by atoms with Crippen LogP contribution < -0.4 is 10.6 Å². The van der Waals surface area contributed by atoms with Gasteiger partial charge in [-0.05, 0) is 25.0 Å². The predicted octanol–water partition coefficient (Wildman–Crippen LogP) is 1.61. The molecular formula is C14H20N2O2S. The molecule has 0 bridgehead atoms. The Bertz CT molecular complexity index is 463. The zero-order valence-corrected chi connectivity index (χ0v) is 12.3. The standard InChI is InChI=1S/C14H20N2O2S/c1-9-6-4-5-7-12(9)10(2)15-14(18)13(8-19)16-11(3)17/h4-7,10,13,19H,8H2,1-3H3,(H,15,18)(H,16,17). The Kier molecular flexibility index (Phi) is 5.89. The molecule has 0 saturated heterocycles. The summed E-state index contributed by atoms with van der Waals surface area (Å²) in [5, 5.41) is 5.46. The van der Waals surface area contributed by atoms with Crippen molar-refractivity contribution in [1.82, 2.24) is 10.6 Å². The van der Waals surface area contributed by atoms with Crippen molar-refractivity contribution in [3.63, 3.8) is 0 Å². The van der Waals surface area contributed by atoms with Gasteiger partial charge in [0.2, 0.25) is 11.8 Å². The molecule has 0 heterocycles. The average molecular weight is 280 g/mol. The van der Waals surface area contributed by atoms with Crippen LogP contribution in [0.1, 0.15) is 31.0 Å². The van der Waals surface area contributed by atoms with Gasteiger partial charge in [-0.3, -0.25) is 9.59 Å². The average Bonchev–Trinajstić information content (AvgIpc) is 2.35. The molecule has 2 N–H and O–H groups in total. The van der Waals surface area contributed by atoms with Crippen LogP contribution in [0.2, 0.25) is 0 Å². The number of thiol groups is 1. The summed E-state index contributed by atoms with van der Waals surface area (Å²) in [5.41, 5.74) is 2.19. The van der Waals surface area contributed by atoms with E-state index in [1.807, 2.05) is 38.1 Å².